The number of hydrogen-bond donors (Lipinski definition) is 3. The van der Waals surface area contributed by atoms with Crippen molar-refractivity contribution in [2.45, 2.75) is 155 Å². The molecule has 5 heterocycles. The zero-order valence-corrected chi connectivity index (χ0v) is 38.4. The van der Waals surface area contributed by atoms with Crippen LogP contribution in [0.15, 0.2) is 33.7 Å². The summed E-state index contributed by atoms with van der Waals surface area (Å²) in [6.45, 7) is 12.8. The number of pyridine rings is 1. The number of ketones is 1. The summed E-state index contributed by atoms with van der Waals surface area (Å²) in [5.41, 5.74) is 3.30. The number of rotatable bonds is 9. The molecule has 3 aliphatic heterocycles. The molecule has 0 radical (unpaired) electrons. The Bertz CT molecular complexity index is 1950. The number of nitrogens with two attached hydrogens (primary N) is 1. The molecule has 1 amide bonds. The lowest BCUT2D eigenvalue weighted by molar-refractivity contribution is -0.296. The molecule has 3 saturated heterocycles. The number of alkyl halides is 1. The third kappa shape index (κ3) is 11.3. The third-order valence-corrected chi connectivity index (χ3v) is 13.4. The molecule has 5 rings (SSSR count). The number of oxime groups is 1. The van der Waals surface area contributed by atoms with Gasteiger partial charge in [-0.05, 0) is 90.9 Å². The molecule has 0 aliphatic carbocycles. The number of anilines is 1. The zero-order chi connectivity index (χ0) is 45.7. The molecule has 0 saturated carbocycles. The van der Waals surface area contributed by atoms with Gasteiger partial charge in [-0.15, -0.1) is 11.3 Å². The van der Waals surface area contributed by atoms with Crippen LogP contribution in [0.2, 0.25) is 0 Å². The first-order valence-corrected chi connectivity index (χ1v) is 22.5. The van der Waals surface area contributed by atoms with E-state index in [2.05, 4.69) is 20.1 Å². The highest BCUT2D eigenvalue weighted by Gasteiger charge is 2.55. The fourth-order valence-corrected chi connectivity index (χ4v) is 9.71. The number of amides is 1. The van der Waals surface area contributed by atoms with Crippen LogP contribution in [-0.2, 0) is 44.8 Å². The van der Waals surface area contributed by atoms with E-state index < -0.39 is 83.4 Å². The second-order valence-electron chi connectivity index (χ2n) is 17.6. The van der Waals surface area contributed by atoms with Gasteiger partial charge in [-0.2, -0.15) is 0 Å². The van der Waals surface area contributed by atoms with Crippen LogP contribution in [0.5, 0.6) is 0 Å². The van der Waals surface area contributed by atoms with E-state index in [1.54, 1.807) is 32.9 Å². The molecule has 2 bridgehead atoms. The van der Waals surface area contributed by atoms with Crippen molar-refractivity contribution >= 4 is 46.2 Å². The first-order valence-electron chi connectivity index (χ1n) is 21.6. The highest BCUT2D eigenvalue weighted by molar-refractivity contribution is 7.13. The van der Waals surface area contributed by atoms with Gasteiger partial charge in [0.2, 0.25) is 5.91 Å². The average molecular weight is 889 g/mol. The van der Waals surface area contributed by atoms with Crippen LogP contribution in [0, 0.1) is 23.7 Å². The van der Waals surface area contributed by atoms with Crippen molar-refractivity contribution in [2.24, 2.45) is 33.8 Å². The normalized spacial score (nSPS) is 36.8. The van der Waals surface area contributed by atoms with Crippen molar-refractivity contribution in [2.75, 3.05) is 26.4 Å². The van der Waals surface area contributed by atoms with E-state index in [0.717, 1.165) is 6.92 Å². The molecule has 16 nitrogen and oxygen atoms in total. The Labute approximate surface area is 367 Å². The summed E-state index contributed by atoms with van der Waals surface area (Å²) < 4.78 is 42.3. The van der Waals surface area contributed by atoms with Gasteiger partial charge in [0.25, 0.3) is 5.67 Å². The van der Waals surface area contributed by atoms with Crippen molar-refractivity contribution in [1.29, 1.82) is 0 Å². The quantitative estimate of drug-likeness (QED) is 0.165. The molecule has 3 aliphatic rings. The van der Waals surface area contributed by atoms with Gasteiger partial charge in [0.05, 0.1) is 41.9 Å². The minimum Gasteiger partial charge on any atom is -0.457 e. The van der Waals surface area contributed by atoms with Gasteiger partial charge in [0.15, 0.2) is 18.7 Å². The molecule has 13 atom stereocenters. The largest absolute Gasteiger partial charge is 0.457 e. The van der Waals surface area contributed by atoms with Crippen LogP contribution < -0.4 is 5.73 Å². The minimum absolute atomic E-state index is 0.00262. The molecule has 344 valence electrons. The number of aliphatic hydroxyl groups is 2. The SMILES string of the molecule is CCC(=O)/N=C1\[C@H](C)C[C@@]2(C)OC/C(=N/OCc3csc(-c4cccc(N)n4)n3)CC[C@@H]([C@H](O)[C@@H](CC)OC(=O)[C@@](C)(F)C(=O)[C@H](C)[C@H]2O[C@@H]2O[C@H](C)C[C@H](N(C)C)[C@H]2O)[C@H]1C. The smallest absolute Gasteiger partial charge is 0.351 e. The number of aromatic nitrogens is 2. The second kappa shape index (κ2) is 20.8. The lowest BCUT2D eigenvalue weighted by atomic mass is 9.72. The van der Waals surface area contributed by atoms with Gasteiger partial charge in [-0.3, -0.25) is 9.59 Å². The van der Waals surface area contributed by atoms with E-state index in [1.165, 1.54) is 18.3 Å². The van der Waals surface area contributed by atoms with Gasteiger partial charge < -0.3 is 44.6 Å². The predicted molar refractivity (Wildman–Crippen MR) is 232 cm³/mol. The topological polar surface area (TPSA) is 218 Å². The summed E-state index contributed by atoms with van der Waals surface area (Å²) in [4.78, 5) is 62.8. The van der Waals surface area contributed by atoms with Gasteiger partial charge >= 0.3 is 5.97 Å². The maximum atomic E-state index is 16.9. The first kappa shape index (κ1) is 49.2. The molecule has 0 aromatic carbocycles. The molecule has 62 heavy (non-hydrogen) atoms. The van der Waals surface area contributed by atoms with Crippen LogP contribution in [0.1, 0.15) is 99.6 Å². The number of halogens is 1. The summed E-state index contributed by atoms with van der Waals surface area (Å²) in [7, 11) is 3.65. The Morgan fingerprint density at radius 2 is 1.82 bits per heavy atom. The number of hydrogen-bond acceptors (Lipinski definition) is 16. The number of thiazole rings is 1. The molecule has 2 aromatic rings. The number of esters is 1. The van der Waals surface area contributed by atoms with E-state index in [1.807, 2.05) is 51.2 Å². The third-order valence-electron chi connectivity index (χ3n) is 12.5. The minimum atomic E-state index is -3.17. The molecule has 3 fully saturated rings. The number of Topliss-reactive ketones (excluding diaryl/α,β-unsaturated/α-hetero) is 1. The Morgan fingerprint density at radius 1 is 1.10 bits per heavy atom. The number of ether oxygens (including phenoxy) is 4. The van der Waals surface area contributed by atoms with E-state index >= 15 is 4.39 Å². The van der Waals surface area contributed by atoms with E-state index in [0.29, 0.717) is 40.1 Å². The maximum absolute atomic E-state index is 16.9. The van der Waals surface area contributed by atoms with Crippen LogP contribution in [0.25, 0.3) is 10.7 Å². The number of aliphatic imine (C=N–C) groups is 1. The van der Waals surface area contributed by atoms with Gasteiger partial charge in [0.1, 0.15) is 28.7 Å². The summed E-state index contributed by atoms with van der Waals surface area (Å²) >= 11 is 1.38. The highest BCUT2D eigenvalue weighted by Crippen LogP contribution is 2.41. The van der Waals surface area contributed by atoms with Crippen LogP contribution in [0.3, 0.4) is 0 Å². The molecular formula is C44H65FN6O10S. The highest BCUT2D eigenvalue weighted by atomic mass is 32.1. The molecule has 4 N–H and O–H groups in total. The van der Waals surface area contributed by atoms with Gasteiger partial charge in [-0.1, -0.05) is 45.8 Å². The van der Waals surface area contributed by atoms with Crippen LogP contribution in [0.4, 0.5) is 10.2 Å². The molecular weight excluding hydrogens is 824 g/mol. The van der Waals surface area contributed by atoms with Crippen molar-refractivity contribution in [3.63, 3.8) is 0 Å². The Morgan fingerprint density at radius 3 is 2.48 bits per heavy atom. The first-order chi connectivity index (χ1) is 29.2. The summed E-state index contributed by atoms with van der Waals surface area (Å²) in [6.07, 6.45) is -5.61. The van der Waals surface area contributed by atoms with Crippen molar-refractivity contribution in [3.05, 3.63) is 29.3 Å². The molecule has 18 heteroatoms. The molecule has 0 spiro atoms. The Kier molecular flexibility index (Phi) is 16.5. The number of nitrogens with zero attached hydrogens (tertiary/aromatic N) is 5. The summed E-state index contributed by atoms with van der Waals surface area (Å²) in [5.74, 6) is -5.84. The lowest BCUT2D eigenvalue weighted by Crippen LogP contribution is -2.60. The van der Waals surface area contributed by atoms with E-state index in [4.69, 9.17) is 29.5 Å². The van der Waals surface area contributed by atoms with Crippen LogP contribution >= 0.6 is 11.3 Å². The molecule has 2 aromatic heterocycles. The van der Waals surface area contributed by atoms with E-state index in [-0.39, 0.29) is 57.3 Å². The predicted octanol–water partition coefficient (Wildman–Crippen LogP) is 5.33. The fourth-order valence-electron chi connectivity index (χ4n) is 8.94. The Balaban J connectivity index is 1.64. The number of aliphatic hydroxyl groups excluding tert-OH is 2. The standard InChI is InChI=1S/C44H65FN6O10S/c1-11-32-36(53)29-17-16-27(50-58-21-28-22-62-40(47-28)30-14-13-15-33(46)48-30)20-57-43(7,19-23(3)35(25(29)5)49-34(52)12-2)39(26(6)38(55)44(8,45)42(56)60-32)61-41-37(54)31(51(9)10)18-24(4)59-41/h13-15,22-26,29,31-32,36-37,39,41,53-54H,11-12,16-21H2,1-10H3,(H2,46,48)/b49-35+,50-27+/t23-,24-,25-,26+,29-,31+,32-,36+,37-,39-,41+,43-,44+/m1/s1. The Hall–Kier alpha value is -3.78. The van der Waals surface area contributed by atoms with Crippen molar-refractivity contribution < 1.29 is 52.8 Å². The second-order valence-corrected chi connectivity index (χ2v) is 18.5. The summed E-state index contributed by atoms with van der Waals surface area (Å²) in [5, 5.41) is 30.8. The average Bonchev–Trinajstić information content (AvgIpc) is 3.70. The number of fused-ring (bicyclic) bond motifs is 5. The van der Waals surface area contributed by atoms with Gasteiger partial charge in [-0.25, -0.2) is 24.1 Å². The van der Waals surface area contributed by atoms with Gasteiger partial charge in [0, 0.05) is 35.4 Å². The van der Waals surface area contributed by atoms with Crippen molar-refractivity contribution in [3.8, 4) is 10.7 Å². The monoisotopic (exact) mass is 888 g/mol. The lowest BCUT2D eigenvalue weighted by Gasteiger charge is -2.47. The van der Waals surface area contributed by atoms with E-state index in [9.17, 15) is 24.6 Å². The number of carbonyl (C=O) groups excluding carboxylic acids is 3. The number of cyclic esters (lactones) is 1. The zero-order valence-electron chi connectivity index (χ0n) is 37.6. The fraction of sp³-hybridized carbons (Fsp3) is 0.705. The van der Waals surface area contributed by atoms with Crippen molar-refractivity contribution in [1.82, 2.24) is 14.9 Å². The number of nitrogen functional groups attached to an aromatic ring is 1. The maximum Gasteiger partial charge on any atom is 0.351 e. The molecule has 0 unspecified atom stereocenters. The summed E-state index contributed by atoms with van der Waals surface area (Å²) in [6, 6.07) is 4.90. The number of likely N-dealkylation sites (N-methyl/N-ethyl adjacent to an activating group) is 1. The van der Waals surface area contributed by atoms with Crippen LogP contribution in [-0.4, -0.2) is 129 Å². The number of carbonyl (C=O) groups is 3.